The summed E-state index contributed by atoms with van der Waals surface area (Å²) in [6.45, 7) is 2.10. The number of hydrogen-bond donors (Lipinski definition) is 0. The third kappa shape index (κ3) is 2.53. The molecule has 0 aromatic heterocycles. The first kappa shape index (κ1) is 12.7. The topological polar surface area (TPSA) is 17.1 Å². The average Bonchev–Trinajstić information content (AvgIpc) is 2.85. The zero-order valence-corrected chi connectivity index (χ0v) is 12.1. The zero-order chi connectivity index (χ0) is 13.3. The molecule has 0 amide bonds. The molecule has 1 fully saturated rings. The molecule has 1 heterocycles. The van der Waals surface area contributed by atoms with Crippen molar-refractivity contribution >= 4 is 12.4 Å². The minimum absolute atomic E-state index is 0.464. The van der Waals surface area contributed by atoms with Crippen molar-refractivity contribution in [2.45, 2.75) is 19.3 Å². The van der Waals surface area contributed by atoms with Gasteiger partial charge in [0.05, 0.1) is 0 Å². The highest BCUT2D eigenvalue weighted by molar-refractivity contribution is 7.71. The predicted octanol–water partition coefficient (Wildman–Crippen LogP) is 4.17. The Hall–Kier alpha value is -1.33. The van der Waals surface area contributed by atoms with Gasteiger partial charge in [0.25, 0.3) is 0 Å². The quantitative estimate of drug-likeness (QED) is 0.748. The second-order valence-corrected chi connectivity index (χ2v) is 8.63. The van der Waals surface area contributed by atoms with Crippen molar-refractivity contribution in [2.24, 2.45) is 0 Å². The smallest absolute Gasteiger partial charge is 0.116 e. The standard InChI is InChI=1S/C17H19OP/c1-14-7-9-15(10-8-14)16-11-12-19(18,13-16)17-5-3-2-4-6-17/h2-10,16H,11-13H2,1H3/t16-,19+/m1/s1. The summed E-state index contributed by atoms with van der Waals surface area (Å²) in [5, 5.41) is 1.06. The summed E-state index contributed by atoms with van der Waals surface area (Å²) in [7, 11) is -2.16. The molecule has 1 saturated heterocycles. The second-order valence-electron chi connectivity index (χ2n) is 5.53. The zero-order valence-electron chi connectivity index (χ0n) is 11.3. The fourth-order valence-corrected chi connectivity index (χ4v) is 6.15. The lowest BCUT2D eigenvalue weighted by atomic mass is 9.98. The summed E-state index contributed by atoms with van der Waals surface area (Å²) < 4.78 is 13.1. The number of hydrogen-bond acceptors (Lipinski definition) is 1. The Kier molecular flexibility index (Phi) is 3.33. The highest BCUT2D eigenvalue weighted by atomic mass is 31.2. The van der Waals surface area contributed by atoms with Crippen LogP contribution < -0.4 is 5.30 Å². The molecule has 3 rings (SSSR count). The van der Waals surface area contributed by atoms with E-state index in [9.17, 15) is 4.57 Å². The molecule has 2 heteroatoms. The van der Waals surface area contributed by atoms with Crippen LogP contribution >= 0.6 is 7.14 Å². The van der Waals surface area contributed by atoms with E-state index in [1.807, 2.05) is 30.3 Å². The lowest BCUT2D eigenvalue weighted by Gasteiger charge is -2.13. The highest BCUT2D eigenvalue weighted by Gasteiger charge is 2.35. The van der Waals surface area contributed by atoms with Gasteiger partial charge in [-0.1, -0.05) is 60.2 Å². The Labute approximate surface area is 115 Å². The third-order valence-corrected chi connectivity index (χ3v) is 7.38. The summed E-state index contributed by atoms with van der Waals surface area (Å²) in [4.78, 5) is 0. The Bertz CT molecular complexity index is 601. The van der Waals surface area contributed by atoms with Gasteiger partial charge in [0.1, 0.15) is 7.14 Å². The van der Waals surface area contributed by atoms with Crippen LogP contribution in [0, 0.1) is 6.92 Å². The highest BCUT2D eigenvalue weighted by Crippen LogP contribution is 2.55. The SMILES string of the molecule is Cc1ccc([C@@H]2CC[P@@](=O)(c3ccccc3)C2)cc1. The molecule has 0 saturated carbocycles. The molecule has 0 radical (unpaired) electrons. The minimum atomic E-state index is -2.16. The van der Waals surface area contributed by atoms with Crippen LogP contribution in [0.3, 0.4) is 0 Å². The van der Waals surface area contributed by atoms with Crippen LogP contribution in [-0.2, 0) is 4.57 Å². The molecule has 1 aliphatic rings. The van der Waals surface area contributed by atoms with Crippen LogP contribution in [0.4, 0.5) is 0 Å². The first-order valence-corrected chi connectivity index (χ1v) is 8.95. The summed E-state index contributed by atoms with van der Waals surface area (Å²) in [5.74, 6) is 0.464. The van der Waals surface area contributed by atoms with Crippen molar-refractivity contribution in [1.82, 2.24) is 0 Å². The van der Waals surface area contributed by atoms with Gasteiger partial charge in [0.15, 0.2) is 0 Å². The average molecular weight is 270 g/mol. The third-order valence-electron chi connectivity index (χ3n) is 4.13. The van der Waals surface area contributed by atoms with Crippen molar-refractivity contribution in [1.29, 1.82) is 0 Å². The predicted molar refractivity (Wildman–Crippen MR) is 82.0 cm³/mol. The molecule has 0 spiro atoms. The van der Waals surface area contributed by atoms with Crippen LogP contribution in [0.2, 0.25) is 0 Å². The van der Waals surface area contributed by atoms with Crippen LogP contribution in [0.15, 0.2) is 54.6 Å². The number of rotatable bonds is 2. The molecule has 98 valence electrons. The molecule has 0 bridgehead atoms. The fraction of sp³-hybridized carbons (Fsp3) is 0.294. The maximum Gasteiger partial charge on any atom is 0.116 e. The molecule has 19 heavy (non-hydrogen) atoms. The molecule has 2 aromatic rings. The van der Waals surface area contributed by atoms with Gasteiger partial charge >= 0.3 is 0 Å². The lowest BCUT2D eigenvalue weighted by molar-refractivity contribution is 0.584. The van der Waals surface area contributed by atoms with E-state index < -0.39 is 7.14 Å². The molecule has 1 aliphatic heterocycles. The first-order valence-electron chi connectivity index (χ1n) is 6.88. The van der Waals surface area contributed by atoms with E-state index in [4.69, 9.17) is 0 Å². The van der Waals surface area contributed by atoms with Crippen molar-refractivity contribution < 1.29 is 4.57 Å². The molecule has 0 unspecified atom stereocenters. The van der Waals surface area contributed by atoms with Crippen LogP contribution in [0.25, 0.3) is 0 Å². The molecule has 2 aromatic carbocycles. The second kappa shape index (κ2) is 4.98. The van der Waals surface area contributed by atoms with E-state index in [-0.39, 0.29) is 0 Å². The van der Waals surface area contributed by atoms with Gasteiger partial charge in [-0.05, 0) is 24.8 Å². The van der Waals surface area contributed by atoms with E-state index in [1.165, 1.54) is 11.1 Å². The van der Waals surface area contributed by atoms with E-state index in [0.29, 0.717) is 5.92 Å². The maximum atomic E-state index is 13.1. The van der Waals surface area contributed by atoms with Gasteiger partial charge in [0.2, 0.25) is 0 Å². The van der Waals surface area contributed by atoms with Gasteiger partial charge in [0, 0.05) is 17.6 Å². The Morgan fingerprint density at radius 1 is 1.00 bits per heavy atom. The van der Waals surface area contributed by atoms with Crippen molar-refractivity contribution in [2.75, 3.05) is 12.3 Å². The molecule has 0 N–H and O–H groups in total. The van der Waals surface area contributed by atoms with Crippen molar-refractivity contribution in [3.63, 3.8) is 0 Å². The van der Waals surface area contributed by atoms with Crippen LogP contribution in [-0.4, -0.2) is 12.3 Å². The number of benzene rings is 2. The van der Waals surface area contributed by atoms with Gasteiger partial charge in [-0.2, -0.15) is 0 Å². The monoisotopic (exact) mass is 270 g/mol. The summed E-state index contributed by atoms with van der Waals surface area (Å²) in [6.07, 6.45) is 2.74. The Balaban J connectivity index is 1.84. The van der Waals surface area contributed by atoms with Gasteiger partial charge < -0.3 is 4.57 Å². The fourth-order valence-electron chi connectivity index (χ4n) is 2.95. The molecule has 2 atom stereocenters. The largest absolute Gasteiger partial charge is 0.319 e. The summed E-state index contributed by atoms with van der Waals surface area (Å²) >= 11 is 0. The van der Waals surface area contributed by atoms with Gasteiger partial charge in [-0.25, -0.2) is 0 Å². The van der Waals surface area contributed by atoms with E-state index >= 15 is 0 Å². The number of aryl methyl sites for hydroxylation is 1. The Morgan fingerprint density at radius 2 is 1.68 bits per heavy atom. The van der Waals surface area contributed by atoms with Crippen LogP contribution in [0.1, 0.15) is 23.5 Å². The van der Waals surface area contributed by atoms with Crippen LogP contribution in [0.5, 0.6) is 0 Å². The molecule has 0 aliphatic carbocycles. The normalized spacial score (nSPS) is 26.5. The molecule has 1 nitrogen and oxygen atoms in total. The van der Waals surface area contributed by atoms with E-state index in [2.05, 4.69) is 31.2 Å². The van der Waals surface area contributed by atoms with E-state index in [1.54, 1.807) is 0 Å². The first-order chi connectivity index (χ1) is 9.17. The van der Waals surface area contributed by atoms with Crippen molar-refractivity contribution in [3.05, 3.63) is 65.7 Å². The lowest BCUT2D eigenvalue weighted by Crippen LogP contribution is -2.06. The summed E-state index contributed by atoms with van der Waals surface area (Å²) in [5.41, 5.74) is 2.63. The molecular weight excluding hydrogens is 251 g/mol. The maximum absolute atomic E-state index is 13.1. The van der Waals surface area contributed by atoms with E-state index in [0.717, 1.165) is 24.0 Å². The summed E-state index contributed by atoms with van der Waals surface area (Å²) in [6, 6.07) is 18.7. The molecular formula is C17H19OP. The van der Waals surface area contributed by atoms with Gasteiger partial charge in [-0.15, -0.1) is 0 Å². The Morgan fingerprint density at radius 3 is 2.37 bits per heavy atom. The minimum Gasteiger partial charge on any atom is -0.319 e. The van der Waals surface area contributed by atoms with Crippen molar-refractivity contribution in [3.8, 4) is 0 Å². The van der Waals surface area contributed by atoms with Gasteiger partial charge in [-0.3, -0.25) is 0 Å².